The summed E-state index contributed by atoms with van der Waals surface area (Å²) in [7, 11) is -1.68. The molecule has 0 aliphatic carbocycles. The second-order valence-corrected chi connectivity index (χ2v) is 6.99. The Bertz CT molecular complexity index is 576. The minimum Gasteiger partial charge on any atom is -0.381 e. The molecule has 2 rings (SSSR count). The highest BCUT2D eigenvalue weighted by Gasteiger charge is 2.28. The Labute approximate surface area is 126 Å². The Morgan fingerprint density at radius 3 is 2.62 bits per heavy atom. The molecule has 0 unspecified atom stereocenters. The molecular formula is C13H24N4O3S. The van der Waals surface area contributed by atoms with Gasteiger partial charge in [-0.05, 0) is 33.7 Å². The first kappa shape index (κ1) is 16.4. The number of nitrogens with zero attached hydrogens (tertiary/aromatic N) is 2. The van der Waals surface area contributed by atoms with Crippen LogP contribution in [0.4, 0.5) is 0 Å². The van der Waals surface area contributed by atoms with Crippen LogP contribution in [0.15, 0.2) is 4.90 Å². The molecule has 0 bridgehead atoms. The van der Waals surface area contributed by atoms with Crippen LogP contribution < -0.4 is 10.0 Å². The predicted octanol–water partition coefficient (Wildman–Crippen LogP) is 0.177. The highest BCUT2D eigenvalue weighted by Crippen LogP contribution is 2.20. The lowest BCUT2D eigenvalue weighted by atomic mass is 10.1. The van der Waals surface area contributed by atoms with Crippen molar-refractivity contribution in [2.75, 3.05) is 26.8 Å². The molecule has 120 valence electrons. The summed E-state index contributed by atoms with van der Waals surface area (Å²) in [5.74, 6) is 0. The third kappa shape index (κ3) is 3.82. The van der Waals surface area contributed by atoms with Crippen molar-refractivity contribution in [2.24, 2.45) is 0 Å². The Hall–Kier alpha value is -0.960. The highest BCUT2D eigenvalue weighted by molar-refractivity contribution is 7.89. The third-order valence-electron chi connectivity index (χ3n) is 3.70. The molecule has 8 heteroatoms. The number of ether oxygens (including phenoxy) is 1. The van der Waals surface area contributed by atoms with Crippen LogP contribution in [0.25, 0.3) is 0 Å². The molecule has 1 fully saturated rings. The van der Waals surface area contributed by atoms with Crippen molar-refractivity contribution in [1.29, 1.82) is 0 Å². The van der Waals surface area contributed by atoms with E-state index in [0.29, 0.717) is 48.9 Å². The van der Waals surface area contributed by atoms with Crippen molar-refractivity contribution in [3.05, 3.63) is 11.4 Å². The molecule has 0 saturated carbocycles. The summed E-state index contributed by atoms with van der Waals surface area (Å²) in [4.78, 5) is 0.310. The number of hydrogen-bond acceptors (Lipinski definition) is 5. The molecule has 1 aliphatic heterocycles. The van der Waals surface area contributed by atoms with Gasteiger partial charge >= 0.3 is 0 Å². The fourth-order valence-corrected chi connectivity index (χ4v) is 4.31. The van der Waals surface area contributed by atoms with E-state index in [9.17, 15) is 8.42 Å². The smallest absolute Gasteiger partial charge is 0.244 e. The lowest BCUT2D eigenvalue weighted by molar-refractivity contribution is 0.0832. The molecule has 1 saturated heterocycles. The molecule has 1 aromatic rings. The molecule has 0 spiro atoms. The molecular weight excluding hydrogens is 292 g/mol. The van der Waals surface area contributed by atoms with Crippen LogP contribution in [0.3, 0.4) is 0 Å². The second kappa shape index (κ2) is 6.87. The lowest BCUT2D eigenvalue weighted by Crippen LogP contribution is -2.39. The number of aryl methyl sites for hydroxylation is 1. The molecule has 2 N–H and O–H groups in total. The second-order valence-electron chi connectivity index (χ2n) is 5.33. The van der Waals surface area contributed by atoms with E-state index in [0.717, 1.165) is 6.54 Å². The summed E-state index contributed by atoms with van der Waals surface area (Å²) in [6.45, 7) is 6.14. The summed E-state index contributed by atoms with van der Waals surface area (Å²) < 4.78 is 35.0. The van der Waals surface area contributed by atoms with Gasteiger partial charge < -0.3 is 10.1 Å². The van der Waals surface area contributed by atoms with E-state index in [2.05, 4.69) is 15.1 Å². The molecule has 0 atom stereocenters. The number of aromatic nitrogens is 2. The zero-order valence-electron chi connectivity index (χ0n) is 12.8. The molecule has 0 amide bonds. The highest BCUT2D eigenvalue weighted by atomic mass is 32.2. The van der Waals surface area contributed by atoms with Crippen molar-refractivity contribution >= 4 is 10.0 Å². The first-order valence-corrected chi connectivity index (χ1v) is 8.72. The Kier molecular flexibility index (Phi) is 5.37. The van der Waals surface area contributed by atoms with Crippen LogP contribution in [0.1, 0.15) is 24.2 Å². The van der Waals surface area contributed by atoms with E-state index in [-0.39, 0.29) is 6.04 Å². The van der Waals surface area contributed by atoms with Gasteiger partial charge in [0.25, 0.3) is 0 Å². The van der Waals surface area contributed by atoms with Gasteiger partial charge in [0.15, 0.2) is 0 Å². The van der Waals surface area contributed by atoms with Crippen LogP contribution in [-0.4, -0.2) is 51.0 Å². The Balaban J connectivity index is 2.20. The summed E-state index contributed by atoms with van der Waals surface area (Å²) in [5.41, 5.74) is 1.23. The first-order valence-electron chi connectivity index (χ1n) is 7.24. The van der Waals surface area contributed by atoms with E-state index in [1.165, 1.54) is 0 Å². The SMILES string of the molecule is CNCCn1nc(C)c(S(=O)(=O)NC2CCOCC2)c1C. The molecule has 1 aliphatic rings. The van der Waals surface area contributed by atoms with Crippen molar-refractivity contribution in [1.82, 2.24) is 19.8 Å². The van der Waals surface area contributed by atoms with E-state index < -0.39 is 10.0 Å². The van der Waals surface area contributed by atoms with Gasteiger partial charge in [-0.25, -0.2) is 13.1 Å². The maximum Gasteiger partial charge on any atom is 0.244 e. The predicted molar refractivity (Wildman–Crippen MR) is 79.8 cm³/mol. The zero-order chi connectivity index (χ0) is 15.5. The third-order valence-corrected chi connectivity index (χ3v) is 5.47. The molecule has 7 nitrogen and oxygen atoms in total. The largest absolute Gasteiger partial charge is 0.381 e. The standard InChI is InChI=1S/C13H24N4O3S/c1-10-13(11(2)17(15-10)7-6-14-3)21(18,19)16-12-4-8-20-9-5-12/h12,14,16H,4-9H2,1-3H3. The van der Waals surface area contributed by atoms with E-state index in [4.69, 9.17) is 4.74 Å². The topological polar surface area (TPSA) is 85.2 Å². The number of sulfonamides is 1. The quantitative estimate of drug-likeness (QED) is 0.782. The number of rotatable bonds is 6. The van der Waals surface area contributed by atoms with Gasteiger partial charge in [0.05, 0.1) is 17.9 Å². The van der Waals surface area contributed by atoms with Crippen LogP contribution in [0, 0.1) is 13.8 Å². The molecule has 0 radical (unpaired) electrons. The van der Waals surface area contributed by atoms with Crippen molar-refractivity contribution < 1.29 is 13.2 Å². The van der Waals surface area contributed by atoms with Crippen LogP contribution in [0.2, 0.25) is 0 Å². The molecule has 0 aromatic carbocycles. The van der Waals surface area contributed by atoms with Gasteiger partial charge in [-0.2, -0.15) is 5.10 Å². The van der Waals surface area contributed by atoms with Crippen LogP contribution in [0.5, 0.6) is 0 Å². The van der Waals surface area contributed by atoms with Gasteiger partial charge in [0.1, 0.15) is 4.90 Å². The fraction of sp³-hybridized carbons (Fsp3) is 0.769. The normalized spacial score (nSPS) is 17.3. The zero-order valence-corrected chi connectivity index (χ0v) is 13.7. The van der Waals surface area contributed by atoms with Gasteiger partial charge in [0, 0.05) is 25.8 Å². The van der Waals surface area contributed by atoms with Crippen LogP contribution in [-0.2, 0) is 21.3 Å². The van der Waals surface area contributed by atoms with Crippen LogP contribution >= 0.6 is 0 Å². The first-order chi connectivity index (χ1) is 9.95. The van der Waals surface area contributed by atoms with Gasteiger partial charge in [-0.3, -0.25) is 4.68 Å². The summed E-state index contributed by atoms with van der Waals surface area (Å²) >= 11 is 0. The summed E-state index contributed by atoms with van der Waals surface area (Å²) in [6.07, 6.45) is 1.43. The maximum absolute atomic E-state index is 12.6. The van der Waals surface area contributed by atoms with Gasteiger partial charge in [-0.1, -0.05) is 0 Å². The monoisotopic (exact) mass is 316 g/mol. The average Bonchev–Trinajstić information content (AvgIpc) is 2.72. The molecule has 2 heterocycles. The van der Waals surface area contributed by atoms with Crippen molar-refractivity contribution in [3.63, 3.8) is 0 Å². The number of likely N-dealkylation sites (N-methyl/N-ethyl adjacent to an activating group) is 1. The average molecular weight is 316 g/mol. The lowest BCUT2D eigenvalue weighted by Gasteiger charge is -2.23. The summed E-state index contributed by atoms with van der Waals surface area (Å²) in [6, 6.07) is -0.0526. The molecule has 21 heavy (non-hydrogen) atoms. The van der Waals surface area contributed by atoms with E-state index >= 15 is 0 Å². The Morgan fingerprint density at radius 2 is 2.00 bits per heavy atom. The number of nitrogens with one attached hydrogen (secondary N) is 2. The minimum absolute atomic E-state index is 0.0526. The van der Waals surface area contributed by atoms with E-state index in [1.54, 1.807) is 18.5 Å². The Morgan fingerprint density at radius 1 is 1.33 bits per heavy atom. The summed E-state index contributed by atoms with van der Waals surface area (Å²) in [5, 5.41) is 7.38. The van der Waals surface area contributed by atoms with Crippen molar-refractivity contribution in [2.45, 2.75) is 44.2 Å². The fourth-order valence-electron chi connectivity index (χ4n) is 2.60. The van der Waals surface area contributed by atoms with Crippen molar-refractivity contribution in [3.8, 4) is 0 Å². The maximum atomic E-state index is 12.6. The number of hydrogen-bond donors (Lipinski definition) is 2. The molecule has 1 aromatic heterocycles. The van der Waals surface area contributed by atoms with Gasteiger partial charge in [-0.15, -0.1) is 0 Å². The van der Waals surface area contributed by atoms with E-state index in [1.807, 2.05) is 7.05 Å². The minimum atomic E-state index is -3.53. The van der Waals surface area contributed by atoms with Gasteiger partial charge in [0.2, 0.25) is 10.0 Å².